The van der Waals surface area contributed by atoms with Crippen molar-refractivity contribution in [1.29, 1.82) is 5.26 Å². The van der Waals surface area contributed by atoms with Crippen LogP contribution in [0.4, 0.5) is 5.69 Å². The van der Waals surface area contributed by atoms with Crippen molar-refractivity contribution < 1.29 is 9.53 Å². The number of para-hydroxylation sites is 1. The van der Waals surface area contributed by atoms with Crippen LogP contribution in [0, 0.1) is 18.3 Å². The minimum absolute atomic E-state index is 0.315. The maximum absolute atomic E-state index is 12.4. The van der Waals surface area contributed by atoms with E-state index in [0.29, 0.717) is 35.0 Å². The minimum Gasteiger partial charge on any atom is -0.493 e. The number of nitrogens with zero attached hydrogens (tertiary/aromatic N) is 3. The molecule has 0 aliphatic carbocycles. The molecular formula is C15H16N4O2. The highest BCUT2D eigenvalue weighted by atomic mass is 16.5. The molecule has 2 rings (SSSR count). The van der Waals surface area contributed by atoms with Crippen LogP contribution in [0.15, 0.2) is 24.3 Å². The highest BCUT2D eigenvalue weighted by Gasteiger charge is 2.18. The molecule has 0 aliphatic heterocycles. The first kappa shape index (κ1) is 14.6. The predicted octanol–water partition coefficient (Wildman–Crippen LogP) is 2.25. The summed E-state index contributed by atoms with van der Waals surface area (Å²) in [5, 5.41) is 16.0. The molecule has 1 aromatic heterocycles. The Labute approximate surface area is 123 Å². The average Bonchev–Trinajstić information content (AvgIpc) is 2.73. The Morgan fingerprint density at radius 3 is 2.86 bits per heavy atom. The van der Waals surface area contributed by atoms with Gasteiger partial charge in [0.2, 0.25) is 0 Å². The topological polar surface area (TPSA) is 79.9 Å². The number of aryl methyl sites for hydroxylation is 2. The van der Waals surface area contributed by atoms with Crippen molar-refractivity contribution in [3.05, 3.63) is 41.2 Å². The van der Waals surface area contributed by atoms with E-state index in [1.807, 2.05) is 13.0 Å². The van der Waals surface area contributed by atoms with Crippen LogP contribution in [0.25, 0.3) is 0 Å². The first-order valence-electron chi connectivity index (χ1n) is 6.55. The van der Waals surface area contributed by atoms with E-state index in [9.17, 15) is 4.79 Å². The van der Waals surface area contributed by atoms with Gasteiger partial charge in [0, 0.05) is 7.05 Å². The summed E-state index contributed by atoms with van der Waals surface area (Å²) in [6.45, 7) is 4.07. The maximum atomic E-state index is 12.4. The lowest BCUT2D eigenvalue weighted by atomic mass is 10.1. The third kappa shape index (κ3) is 2.87. The third-order valence-corrected chi connectivity index (χ3v) is 3.00. The Hall–Kier alpha value is -2.81. The molecule has 0 fully saturated rings. The standard InChI is InChI=1S/C15H16N4O2/c1-4-21-13-8-6-5-7-11(13)15(20)17-14-10(2)18-19(3)12(14)9-16/h5-8H,4H2,1-3H3,(H,17,20). The fourth-order valence-electron chi connectivity index (χ4n) is 2.05. The maximum Gasteiger partial charge on any atom is 0.259 e. The largest absolute Gasteiger partial charge is 0.493 e. The molecule has 0 radical (unpaired) electrons. The van der Waals surface area contributed by atoms with Crippen molar-refractivity contribution in [2.45, 2.75) is 13.8 Å². The van der Waals surface area contributed by atoms with Crippen LogP contribution in [-0.2, 0) is 7.05 Å². The summed E-state index contributed by atoms with van der Waals surface area (Å²) < 4.78 is 6.89. The van der Waals surface area contributed by atoms with Gasteiger partial charge in [0.15, 0.2) is 5.69 Å². The van der Waals surface area contributed by atoms with Crippen molar-refractivity contribution >= 4 is 11.6 Å². The van der Waals surface area contributed by atoms with E-state index in [2.05, 4.69) is 10.4 Å². The Kier molecular flexibility index (Phi) is 4.24. The lowest BCUT2D eigenvalue weighted by molar-refractivity contribution is 0.102. The van der Waals surface area contributed by atoms with Crippen molar-refractivity contribution in [2.75, 3.05) is 11.9 Å². The van der Waals surface area contributed by atoms with E-state index in [0.717, 1.165) is 0 Å². The minimum atomic E-state index is -0.327. The molecule has 1 amide bonds. The van der Waals surface area contributed by atoms with Crippen molar-refractivity contribution in [1.82, 2.24) is 9.78 Å². The average molecular weight is 284 g/mol. The third-order valence-electron chi connectivity index (χ3n) is 3.00. The van der Waals surface area contributed by atoms with E-state index < -0.39 is 0 Å². The normalized spacial score (nSPS) is 10.0. The van der Waals surface area contributed by atoms with Gasteiger partial charge in [-0.2, -0.15) is 10.4 Å². The molecule has 108 valence electrons. The van der Waals surface area contributed by atoms with E-state index in [1.165, 1.54) is 4.68 Å². The van der Waals surface area contributed by atoms with Crippen LogP contribution in [0.2, 0.25) is 0 Å². The zero-order valence-electron chi connectivity index (χ0n) is 12.2. The van der Waals surface area contributed by atoms with Crippen LogP contribution in [-0.4, -0.2) is 22.3 Å². The Morgan fingerprint density at radius 1 is 1.48 bits per heavy atom. The molecule has 0 saturated heterocycles. The Morgan fingerprint density at radius 2 is 2.19 bits per heavy atom. The lowest BCUT2D eigenvalue weighted by Crippen LogP contribution is -2.15. The van der Waals surface area contributed by atoms with Crippen LogP contribution in [0.3, 0.4) is 0 Å². The van der Waals surface area contributed by atoms with Crippen LogP contribution in [0.5, 0.6) is 5.75 Å². The van der Waals surface area contributed by atoms with Crippen molar-refractivity contribution in [3.8, 4) is 11.8 Å². The van der Waals surface area contributed by atoms with E-state index in [4.69, 9.17) is 10.00 Å². The van der Waals surface area contributed by atoms with Gasteiger partial charge in [-0.25, -0.2) is 0 Å². The highest BCUT2D eigenvalue weighted by molar-refractivity contribution is 6.07. The summed E-state index contributed by atoms with van der Waals surface area (Å²) in [7, 11) is 1.66. The summed E-state index contributed by atoms with van der Waals surface area (Å²) in [6.07, 6.45) is 0. The first-order chi connectivity index (χ1) is 10.1. The van der Waals surface area contributed by atoms with Gasteiger partial charge < -0.3 is 10.1 Å². The van der Waals surface area contributed by atoms with E-state index in [-0.39, 0.29) is 5.91 Å². The van der Waals surface area contributed by atoms with Gasteiger partial charge >= 0.3 is 0 Å². The number of carbonyl (C=O) groups is 1. The molecule has 0 aliphatic rings. The number of anilines is 1. The summed E-state index contributed by atoms with van der Waals surface area (Å²) in [5.41, 5.74) is 1.76. The zero-order valence-corrected chi connectivity index (χ0v) is 12.2. The van der Waals surface area contributed by atoms with Gasteiger partial charge in [0.1, 0.15) is 17.5 Å². The molecule has 0 bridgehead atoms. The quantitative estimate of drug-likeness (QED) is 0.933. The fraction of sp³-hybridized carbons (Fsp3) is 0.267. The number of ether oxygens (including phenoxy) is 1. The second-order valence-corrected chi connectivity index (χ2v) is 4.43. The van der Waals surface area contributed by atoms with E-state index in [1.54, 1.807) is 38.2 Å². The highest BCUT2D eigenvalue weighted by Crippen LogP contribution is 2.23. The molecule has 0 atom stereocenters. The van der Waals surface area contributed by atoms with Gasteiger partial charge in [0.25, 0.3) is 5.91 Å². The van der Waals surface area contributed by atoms with Crippen molar-refractivity contribution in [3.63, 3.8) is 0 Å². The summed E-state index contributed by atoms with van der Waals surface area (Å²) in [6, 6.07) is 9.02. The first-order valence-corrected chi connectivity index (χ1v) is 6.55. The molecule has 2 aromatic rings. The predicted molar refractivity (Wildman–Crippen MR) is 78.2 cm³/mol. The smallest absolute Gasteiger partial charge is 0.259 e. The molecule has 1 heterocycles. The number of aromatic nitrogens is 2. The summed E-state index contributed by atoms with van der Waals surface area (Å²) >= 11 is 0. The van der Waals surface area contributed by atoms with E-state index >= 15 is 0 Å². The fourth-order valence-corrected chi connectivity index (χ4v) is 2.05. The second-order valence-electron chi connectivity index (χ2n) is 4.43. The molecular weight excluding hydrogens is 268 g/mol. The van der Waals surface area contributed by atoms with Gasteiger partial charge in [0.05, 0.1) is 17.9 Å². The molecule has 0 spiro atoms. The molecule has 0 unspecified atom stereocenters. The summed E-state index contributed by atoms with van der Waals surface area (Å²) in [5.74, 6) is 0.184. The molecule has 6 heteroatoms. The van der Waals surface area contributed by atoms with Gasteiger partial charge in [-0.05, 0) is 26.0 Å². The number of benzene rings is 1. The Balaban J connectivity index is 2.33. The van der Waals surface area contributed by atoms with Gasteiger partial charge in [-0.1, -0.05) is 12.1 Å². The van der Waals surface area contributed by atoms with Crippen LogP contribution < -0.4 is 10.1 Å². The molecule has 6 nitrogen and oxygen atoms in total. The van der Waals surface area contributed by atoms with Crippen LogP contribution in [0.1, 0.15) is 28.7 Å². The monoisotopic (exact) mass is 284 g/mol. The number of hydrogen-bond acceptors (Lipinski definition) is 4. The number of rotatable bonds is 4. The molecule has 1 N–H and O–H groups in total. The van der Waals surface area contributed by atoms with Gasteiger partial charge in [-0.15, -0.1) is 0 Å². The SMILES string of the molecule is CCOc1ccccc1C(=O)Nc1c(C)nn(C)c1C#N. The van der Waals surface area contributed by atoms with Crippen LogP contribution >= 0.6 is 0 Å². The zero-order chi connectivity index (χ0) is 15.4. The second kappa shape index (κ2) is 6.09. The molecule has 21 heavy (non-hydrogen) atoms. The number of hydrogen-bond donors (Lipinski definition) is 1. The number of nitrogens with one attached hydrogen (secondary N) is 1. The molecule has 1 aromatic carbocycles. The Bertz CT molecular complexity index is 713. The number of carbonyl (C=O) groups excluding carboxylic acids is 1. The summed E-state index contributed by atoms with van der Waals surface area (Å²) in [4.78, 5) is 12.4. The molecule has 0 saturated carbocycles. The van der Waals surface area contributed by atoms with Gasteiger partial charge in [-0.3, -0.25) is 9.48 Å². The number of nitriles is 1. The van der Waals surface area contributed by atoms with Crippen molar-refractivity contribution in [2.24, 2.45) is 7.05 Å². The number of amides is 1. The lowest BCUT2D eigenvalue weighted by Gasteiger charge is -2.10.